The van der Waals surface area contributed by atoms with Gasteiger partial charge < -0.3 is 15.4 Å². The number of carbonyl (C=O) groups is 1. The minimum Gasteiger partial charge on any atom is -0.444 e. The Morgan fingerprint density at radius 1 is 1.13 bits per heavy atom. The summed E-state index contributed by atoms with van der Waals surface area (Å²) in [6, 6.07) is 10.5. The van der Waals surface area contributed by atoms with Gasteiger partial charge in [0.15, 0.2) is 0 Å². The van der Waals surface area contributed by atoms with Crippen molar-refractivity contribution in [2.45, 2.75) is 71.6 Å². The smallest absolute Gasteiger partial charge is 0.408 e. The van der Waals surface area contributed by atoms with Crippen molar-refractivity contribution in [1.29, 1.82) is 0 Å². The molecule has 0 heterocycles. The van der Waals surface area contributed by atoms with E-state index in [1.807, 2.05) is 39.0 Å². The number of carbonyl (C=O) groups excluding carboxylic acids is 1. The summed E-state index contributed by atoms with van der Waals surface area (Å²) < 4.78 is 5.41. The molecule has 0 aliphatic carbocycles. The zero-order valence-electron chi connectivity index (χ0n) is 15.4. The number of rotatable bonds is 7. The molecule has 1 unspecified atom stereocenters. The number of hydrogen-bond donors (Lipinski definition) is 2. The Morgan fingerprint density at radius 3 is 2.17 bits per heavy atom. The van der Waals surface area contributed by atoms with Crippen molar-refractivity contribution in [1.82, 2.24) is 10.6 Å². The van der Waals surface area contributed by atoms with E-state index in [0.29, 0.717) is 6.54 Å². The molecule has 0 aliphatic rings. The third-order valence-electron chi connectivity index (χ3n) is 4.17. The lowest BCUT2D eigenvalue weighted by Gasteiger charge is -2.35. The molecule has 0 radical (unpaired) electrons. The average molecular weight is 320 g/mol. The number of alkyl carbamates (subject to hydrolysis) is 1. The molecule has 0 fully saturated rings. The van der Waals surface area contributed by atoms with Crippen LogP contribution in [0, 0.1) is 0 Å². The maximum Gasteiger partial charge on any atom is 0.408 e. The van der Waals surface area contributed by atoms with Gasteiger partial charge in [-0.15, -0.1) is 0 Å². The number of hydrogen-bond acceptors (Lipinski definition) is 3. The van der Waals surface area contributed by atoms with E-state index in [1.54, 1.807) is 0 Å². The van der Waals surface area contributed by atoms with Crippen molar-refractivity contribution in [2.75, 3.05) is 6.54 Å². The second-order valence-corrected chi connectivity index (χ2v) is 7.13. The first-order valence-electron chi connectivity index (χ1n) is 8.51. The molecular formula is C19H32N2O2. The zero-order chi connectivity index (χ0) is 17.5. The van der Waals surface area contributed by atoms with Gasteiger partial charge in [0.05, 0.1) is 5.54 Å². The first-order chi connectivity index (χ1) is 10.7. The maximum atomic E-state index is 12.1. The molecule has 1 amide bonds. The molecule has 0 spiro atoms. The molecular weight excluding hydrogens is 288 g/mol. The predicted molar refractivity (Wildman–Crippen MR) is 95.5 cm³/mol. The summed E-state index contributed by atoms with van der Waals surface area (Å²) >= 11 is 0. The second-order valence-electron chi connectivity index (χ2n) is 7.13. The normalized spacial score (nSPS) is 13.5. The fourth-order valence-electron chi connectivity index (χ4n) is 2.45. The molecule has 0 saturated heterocycles. The van der Waals surface area contributed by atoms with Gasteiger partial charge in [0.25, 0.3) is 0 Å². The first-order valence-corrected chi connectivity index (χ1v) is 8.51. The van der Waals surface area contributed by atoms with E-state index in [1.165, 1.54) is 5.56 Å². The topological polar surface area (TPSA) is 50.4 Å². The molecule has 0 saturated carbocycles. The lowest BCUT2D eigenvalue weighted by atomic mass is 9.92. The van der Waals surface area contributed by atoms with E-state index in [2.05, 4.69) is 43.5 Å². The highest BCUT2D eigenvalue weighted by Gasteiger charge is 2.30. The van der Waals surface area contributed by atoms with Crippen LogP contribution in [-0.2, 0) is 4.74 Å². The van der Waals surface area contributed by atoms with Gasteiger partial charge in [0.2, 0.25) is 0 Å². The van der Waals surface area contributed by atoms with Crippen molar-refractivity contribution in [3.63, 3.8) is 0 Å². The van der Waals surface area contributed by atoms with Gasteiger partial charge in [0.1, 0.15) is 5.60 Å². The van der Waals surface area contributed by atoms with Gasteiger partial charge in [-0.2, -0.15) is 0 Å². The van der Waals surface area contributed by atoms with Gasteiger partial charge in [0, 0.05) is 12.6 Å². The quantitative estimate of drug-likeness (QED) is 0.782. The average Bonchev–Trinajstić information content (AvgIpc) is 2.50. The fourth-order valence-corrected chi connectivity index (χ4v) is 2.45. The first kappa shape index (κ1) is 19.5. The van der Waals surface area contributed by atoms with Crippen LogP contribution in [0.15, 0.2) is 30.3 Å². The van der Waals surface area contributed by atoms with E-state index in [9.17, 15) is 4.79 Å². The molecule has 0 bridgehead atoms. The molecule has 130 valence electrons. The standard InChI is InChI=1S/C19H32N2O2/c1-7-19(8-2,21-17(22)23-18(4,5)6)14-20-15(3)16-12-10-9-11-13-16/h9-13,15,20H,7-8,14H2,1-6H3,(H,21,22). The van der Waals surface area contributed by atoms with E-state index in [-0.39, 0.29) is 17.7 Å². The summed E-state index contributed by atoms with van der Waals surface area (Å²) in [5.74, 6) is 0. The number of ether oxygens (including phenoxy) is 1. The Labute approximate surface area is 141 Å². The highest BCUT2D eigenvalue weighted by molar-refractivity contribution is 5.68. The highest BCUT2D eigenvalue weighted by Crippen LogP contribution is 2.19. The van der Waals surface area contributed by atoms with Crippen LogP contribution in [0.3, 0.4) is 0 Å². The van der Waals surface area contributed by atoms with Crippen molar-refractivity contribution in [3.05, 3.63) is 35.9 Å². The molecule has 23 heavy (non-hydrogen) atoms. The Hall–Kier alpha value is -1.55. The molecule has 1 atom stereocenters. The van der Waals surface area contributed by atoms with Gasteiger partial charge in [-0.25, -0.2) is 4.79 Å². The van der Waals surface area contributed by atoms with Crippen molar-refractivity contribution < 1.29 is 9.53 Å². The van der Waals surface area contributed by atoms with Gasteiger partial charge >= 0.3 is 6.09 Å². The van der Waals surface area contributed by atoms with Crippen molar-refractivity contribution in [2.24, 2.45) is 0 Å². The van der Waals surface area contributed by atoms with Crippen LogP contribution >= 0.6 is 0 Å². The van der Waals surface area contributed by atoms with E-state index in [0.717, 1.165) is 12.8 Å². The van der Waals surface area contributed by atoms with Gasteiger partial charge in [-0.05, 0) is 46.1 Å². The van der Waals surface area contributed by atoms with Crippen LogP contribution in [0.2, 0.25) is 0 Å². The Morgan fingerprint density at radius 2 is 1.70 bits per heavy atom. The van der Waals surface area contributed by atoms with Crippen LogP contribution in [0.1, 0.15) is 66.0 Å². The third kappa shape index (κ3) is 6.61. The molecule has 1 aromatic rings. The van der Waals surface area contributed by atoms with Crippen molar-refractivity contribution >= 4 is 6.09 Å². The second kappa shape index (κ2) is 8.34. The fraction of sp³-hybridized carbons (Fsp3) is 0.632. The summed E-state index contributed by atoms with van der Waals surface area (Å²) in [6.07, 6.45) is 1.34. The lowest BCUT2D eigenvalue weighted by Crippen LogP contribution is -2.55. The third-order valence-corrected chi connectivity index (χ3v) is 4.17. The van der Waals surface area contributed by atoms with Crippen LogP contribution in [0.5, 0.6) is 0 Å². The van der Waals surface area contributed by atoms with E-state index >= 15 is 0 Å². The monoisotopic (exact) mass is 320 g/mol. The summed E-state index contributed by atoms with van der Waals surface area (Å²) in [6.45, 7) is 12.7. The molecule has 4 heteroatoms. The largest absolute Gasteiger partial charge is 0.444 e. The SMILES string of the molecule is CCC(CC)(CNC(C)c1ccccc1)NC(=O)OC(C)(C)C. The molecule has 1 rings (SSSR count). The molecule has 2 N–H and O–H groups in total. The van der Waals surface area contributed by atoms with Crippen LogP contribution in [0.4, 0.5) is 4.79 Å². The van der Waals surface area contributed by atoms with E-state index in [4.69, 9.17) is 4.74 Å². The maximum absolute atomic E-state index is 12.1. The Balaban J connectivity index is 2.68. The minimum absolute atomic E-state index is 0.231. The van der Waals surface area contributed by atoms with Gasteiger partial charge in [-0.3, -0.25) is 0 Å². The molecule has 4 nitrogen and oxygen atoms in total. The molecule has 0 aliphatic heterocycles. The van der Waals surface area contributed by atoms with Crippen molar-refractivity contribution in [3.8, 4) is 0 Å². The Kier molecular flexibility index (Phi) is 7.07. The molecule has 0 aromatic heterocycles. The number of nitrogens with one attached hydrogen (secondary N) is 2. The summed E-state index contributed by atoms with van der Waals surface area (Å²) in [5.41, 5.74) is 0.457. The Bertz CT molecular complexity index is 476. The molecule has 1 aromatic carbocycles. The number of benzene rings is 1. The van der Waals surface area contributed by atoms with Gasteiger partial charge in [-0.1, -0.05) is 44.2 Å². The van der Waals surface area contributed by atoms with Crippen LogP contribution < -0.4 is 10.6 Å². The highest BCUT2D eigenvalue weighted by atomic mass is 16.6. The van der Waals surface area contributed by atoms with Crippen LogP contribution in [0.25, 0.3) is 0 Å². The summed E-state index contributed by atoms with van der Waals surface area (Å²) in [4.78, 5) is 12.1. The lowest BCUT2D eigenvalue weighted by molar-refractivity contribution is 0.0444. The van der Waals surface area contributed by atoms with E-state index < -0.39 is 5.60 Å². The summed E-state index contributed by atoms with van der Waals surface area (Å²) in [7, 11) is 0. The number of amides is 1. The minimum atomic E-state index is -0.484. The predicted octanol–water partition coefficient (Wildman–Crippen LogP) is 4.42. The van der Waals surface area contributed by atoms with Crippen LogP contribution in [-0.4, -0.2) is 23.8 Å². The summed E-state index contributed by atoms with van der Waals surface area (Å²) in [5, 5.41) is 6.61. The zero-order valence-corrected chi connectivity index (χ0v) is 15.4.